The molecule has 446 valence electrons. The summed E-state index contributed by atoms with van der Waals surface area (Å²) in [5.41, 5.74) is 33.5. The van der Waals surface area contributed by atoms with Gasteiger partial charge in [0.05, 0.1) is 10.8 Å². The highest BCUT2D eigenvalue weighted by Crippen LogP contribution is 2.66. The quantitative estimate of drug-likeness (QED) is 0.142. The van der Waals surface area contributed by atoms with Crippen molar-refractivity contribution >= 4 is 55.7 Å². The maximum absolute atomic E-state index is 2.51. The van der Waals surface area contributed by atoms with Crippen molar-refractivity contribution in [3.05, 3.63) is 408 Å². The second-order valence-electron chi connectivity index (χ2n) is 26.2. The van der Waals surface area contributed by atoms with E-state index >= 15 is 0 Å². The minimum atomic E-state index is -0.518. The van der Waals surface area contributed by atoms with Crippen molar-refractivity contribution in [3.8, 4) is 77.9 Å². The molecule has 0 saturated heterocycles. The summed E-state index contributed by atoms with van der Waals surface area (Å²) >= 11 is 0. The lowest BCUT2D eigenvalue weighted by atomic mass is 9.70. The van der Waals surface area contributed by atoms with Gasteiger partial charge in [0, 0.05) is 34.1 Å². The molecular weight excluding hydrogens is 1160 g/mol. The van der Waals surface area contributed by atoms with Gasteiger partial charge in [-0.15, -0.1) is 0 Å². The number of nitrogens with zero attached hydrogens (tertiary/aromatic N) is 2. The third-order valence-corrected chi connectivity index (χ3v) is 21.5. The molecule has 4 aliphatic rings. The van der Waals surface area contributed by atoms with Crippen molar-refractivity contribution in [3.63, 3.8) is 0 Å². The number of fused-ring (bicyclic) bond motifs is 24. The molecule has 0 radical (unpaired) electrons. The highest BCUT2D eigenvalue weighted by molar-refractivity contribution is 6.09. The summed E-state index contributed by atoms with van der Waals surface area (Å²) in [5.74, 6) is 0. The average molecular weight is 1220 g/mol. The van der Waals surface area contributed by atoms with Crippen LogP contribution in [0.5, 0.6) is 0 Å². The topological polar surface area (TPSA) is 6.48 Å². The van der Waals surface area contributed by atoms with Gasteiger partial charge in [0.2, 0.25) is 0 Å². The van der Waals surface area contributed by atoms with E-state index in [1.807, 2.05) is 0 Å². The maximum atomic E-state index is 2.51. The molecule has 0 saturated carbocycles. The summed E-state index contributed by atoms with van der Waals surface area (Å²) in [6.07, 6.45) is 0. The molecule has 0 heterocycles. The molecule has 2 spiro atoms. The molecule has 4 aliphatic carbocycles. The summed E-state index contributed by atoms with van der Waals surface area (Å²) in [7, 11) is 0. The lowest BCUT2D eigenvalue weighted by molar-refractivity contribution is 0.794. The van der Waals surface area contributed by atoms with Gasteiger partial charge in [-0.25, -0.2) is 0 Å². The molecule has 20 rings (SSSR count). The third-order valence-electron chi connectivity index (χ3n) is 21.5. The zero-order chi connectivity index (χ0) is 63.1. The molecule has 2 nitrogen and oxygen atoms in total. The fourth-order valence-electron chi connectivity index (χ4n) is 17.4. The first-order chi connectivity index (χ1) is 47.6. The van der Waals surface area contributed by atoms with E-state index in [0.29, 0.717) is 0 Å². The zero-order valence-electron chi connectivity index (χ0n) is 52.5. The summed E-state index contributed by atoms with van der Waals surface area (Å²) in [5, 5.41) is 5.06. The number of anilines is 6. The largest absolute Gasteiger partial charge is 0.310 e. The Kier molecular flexibility index (Phi) is 11.9. The van der Waals surface area contributed by atoms with Crippen molar-refractivity contribution in [1.82, 2.24) is 0 Å². The van der Waals surface area contributed by atoms with E-state index in [1.165, 1.54) is 133 Å². The van der Waals surface area contributed by atoms with Crippen LogP contribution in [0.4, 0.5) is 34.1 Å². The first-order valence-electron chi connectivity index (χ1n) is 33.5. The van der Waals surface area contributed by atoms with Crippen LogP contribution in [0.15, 0.2) is 364 Å². The standard InChI is InChI=1S/C94H60N2/c1-3-19-61(20-4-1)63-35-45-69(46-36-63)95(73-53-55-81-89(59-73)93(87-57-43-67-23-7-9-25-75(67)91(81)87)83-31-15-11-27-77(83)78-28-12-16-32-84(78)93)71-49-39-65(40-50-71)66-41-51-72(52-42-66)96(70-47-37-64(38-48-70)62-21-5-2-6-22-62)74-54-56-82-90(60-74)94(88-58-44-68-24-8-10-26-76(68)92(82)88)85-33-17-13-29-79(85)80-30-14-18-34-86(80)94/h1-60H. The average Bonchev–Trinajstić information content (AvgIpc) is 1.51. The SMILES string of the molecule is c1ccc(-c2ccc(N(c3ccc(-c4ccc(N(c5ccc(-c6ccccc6)cc5)c5ccc6c(c5)C5(c7ccccc7-c7ccccc75)c5ccc7ccccc7c5-6)cc4)cc3)c3ccc4c(c3)C3(c5ccccc5-c5ccccc53)c3ccc5ccccc5c3-4)cc2)cc1. The molecule has 0 atom stereocenters. The van der Waals surface area contributed by atoms with Crippen molar-refractivity contribution in [1.29, 1.82) is 0 Å². The second kappa shape index (κ2) is 21.1. The van der Waals surface area contributed by atoms with Gasteiger partial charge in [-0.3, -0.25) is 0 Å². The minimum Gasteiger partial charge on any atom is -0.310 e. The van der Waals surface area contributed by atoms with E-state index in [1.54, 1.807) is 0 Å². The minimum absolute atomic E-state index is 0.518. The van der Waals surface area contributed by atoms with E-state index in [0.717, 1.165) is 45.3 Å². The Morgan fingerprint density at radius 3 is 0.771 bits per heavy atom. The molecule has 0 aromatic heterocycles. The Balaban J connectivity index is 0.717. The Morgan fingerprint density at radius 1 is 0.167 bits per heavy atom. The molecule has 0 amide bonds. The normalized spacial score (nSPS) is 13.4. The van der Waals surface area contributed by atoms with Crippen molar-refractivity contribution in [2.75, 3.05) is 9.80 Å². The van der Waals surface area contributed by atoms with Crippen LogP contribution >= 0.6 is 0 Å². The van der Waals surface area contributed by atoms with Crippen LogP contribution < -0.4 is 9.80 Å². The third kappa shape index (κ3) is 7.76. The van der Waals surface area contributed by atoms with Gasteiger partial charge in [0.1, 0.15) is 0 Å². The first-order valence-corrected chi connectivity index (χ1v) is 33.5. The van der Waals surface area contributed by atoms with Gasteiger partial charge in [0.15, 0.2) is 0 Å². The summed E-state index contributed by atoms with van der Waals surface area (Å²) in [6, 6.07) is 136. The second-order valence-corrected chi connectivity index (χ2v) is 26.2. The Bertz CT molecular complexity index is 5360. The molecule has 96 heavy (non-hydrogen) atoms. The van der Waals surface area contributed by atoms with Gasteiger partial charge in [-0.05, 0) is 217 Å². The molecule has 16 aromatic rings. The number of benzene rings is 16. The summed E-state index contributed by atoms with van der Waals surface area (Å²) in [6.45, 7) is 0. The van der Waals surface area contributed by atoms with Gasteiger partial charge in [-0.1, -0.05) is 291 Å². The van der Waals surface area contributed by atoms with E-state index in [-0.39, 0.29) is 0 Å². The van der Waals surface area contributed by atoms with Crippen molar-refractivity contribution < 1.29 is 0 Å². The van der Waals surface area contributed by atoms with Crippen LogP contribution in [-0.4, -0.2) is 0 Å². The zero-order valence-corrected chi connectivity index (χ0v) is 52.5. The van der Waals surface area contributed by atoms with Crippen LogP contribution in [-0.2, 0) is 10.8 Å². The van der Waals surface area contributed by atoms with Gasteiger partial charge >= 0.3 is 0 Å². The van der Waals surface area contributed by atoms with E-state index in [9.17, 15) is 0 Å². The molecule has 0 fully saturated rings. The predicted molar refractivity (Wildman–Crippen MR) is 400 cm³/mol. The molecule has 2 heteroatoms. The highest BCUT2D eigenvalue weighted by Gasteiger charge is 2.54. The van der Waals surface area contributed by atoms with E-state index < -0.39 is 10.8 Å². The molecule has 16 aromatic carbocycles. The molecule has 0 N–H and O–H groups in total. The van der Waals surface area contributed by atoms with Crippen LogP contribution in [0, 0.1) is 0 Å². The van der Waals surface area contributed by atoms with Gasteiger partial charge < -0.3 is 9.80 Å². The summed E-state index contributed by atoms with van der Waals surface area (Å²) < 4.78 is 0. The fraction of sp³-hybridized carbons (Fsp3) is 0.0213. The lowest BCUT2D eigenvalue weighted by Crippen LogP contribution is -2.26. The van der Waals surface area contributed by atoms with Crippen molar-refractivity contribution in [2.24, 2.45) is 0 Å². The first kappa shape index (κ1) is 54.2. The van der Waals surface area contributed by atoms with Crippen LogP contribution in [0.3, 0.4) is 0 Å². The van der Waals surface area contributed by atoms with Crippen LogP contribution in [0.25, 0.3) is 99.4 Å². The van der Waals surface area contributed by atoms with Crippen LogP contribution in [0.1, 0.15) is 44.5 Å². The van der Waals surface area contributed by atoms with Gasteiger partial charge in [0.25, 0.3) is 0 Å². The Morgan fingerprint density at radius 2 is 0.438 bits per heavy atom. The molecule has 0 unspecified atom stereocenters. The Hall–Kier alpha value is -12.4. The van der Waals surface area contributed by atoms with Gasteiger partial charge in [-0.2, -0.15) is 0 Å². The lowest BCUT2D eigenvalue weighted by Gasteiger charge is -2.32. The monoisotopic (exact) mass is 1220 g/mol. The van der Waals surface area contributed by atoms with Crippen molar-refractivity contribution in [2.45, 2.75) is 10.8 Å². The summed E-state index contributed by atoms with van der Waals surface area (Å²) in [4.78, 5) is 4.91. The number of hydrogen-bond donors (Lipinski definition) is 0. The van der Waals surface area contributed by atoms with Crippen LogP contribution in [0.2, 0.25) is 0 Å². The van der Waals surface area contributed by atoms with E-state index in [2.05, 4.69) is 374 Å². The molecule has 0 bridgehead atoms. The maximum Gasteiger partial charge on any atom is 0.0726 e. The predicted octanol–water partition coefficient (Wildman–Crippen LogP) is 24.6. The highest BCUT2D eigenvalue weighted by atomic mass is 15.1. The van der Waals surface area contributed by atoms with E-state index in [4.69, 9.17) is 0 Å². The number of rotatable bonds is 9. The fourth-order valence-corrected chi connectivity index (χ4v) is 17.4. The molecule has 0 aliphatic heterocycles. The molecular formula is C94H60N2. The number of hydrogen-bond acceptors (Lipinski definition) is 2. The Labute approximate surface area is 559 Å². The smallest absolute Gasteiger partial charge is 0.0726 e.